The Labute approximate surface area is 336 Å². The van der Waals surface area contributed by atoms with Gasteiger partial charge in [-0.1, -0.05) is 133 Å². The van der Waals surface area contributed by atoms with Crippen molar-refractivity contribution in [2.24, 2.45) is 0 Å². The predicted molar refractivity (Wildman–Crippen MR) is 246 cm³/mol. The van der Waals surface area contributed by atoms with Gasteiger partial charge in [0.2, 0.25) is 0 Å². The highest BCUT2D eigenvalue weighted by Crippen LogP contribution is 2.47. The summed E-state index contributed by atoms with van der Waals surface area (Å²) in [5, 5.41) is 12.2. The summed E-state index contributed by atoms with van der Waals surface area (Å²) in [5.74, 6) is 0.821. The van der Waals surface area contributed by atoms with E-state index in [1.807, 2.05) is 0 Å². The summed E-state index contributed by atoms with van der Waals surface area (Å²) in [6, 6.07) is 67.9. The van der Waals surface area contributed by atoms with Crippen molar-refractivity contribution in [2.75, 3.05) is 0 Å². The number of hydrogen-bond donors (Lipinski definition) is 0. The monoisotopic (exact) mass is 749 g/mol. The van der Waals surface area contributed by atoms with Crippen molar-refractivity contribution in [1.82, 2.24) is 23.5 Å². The molecule has 0 saturated carbocycles. The predicted octanol–water partition coefficient (Wildman–Crippen LogP) is 13.8. The summed E-state index contributed by atoms with van der Waals surface area (Å²) in [5.41, 5.74) is 13.0. The maximum Gasteiger partial charge on any atom is 0.165 e. The van der Waals surface area contributed by atoms with E-state index in [0.29, 0.717) is 0 Å². The molecular formula is C54H31N5. The minimum atomic E-state index is 0.821. The normalized spacial score (nSPS) is 12.4. The van der Waals surface area contributed by atoms with E-state index >= 15 is 0 Å². The summed E-state index contributed by atoms with van der Waals surface area (Å²) in [7, 11) is 0. The number of nitrogens with zero attached hydrogens (tertiary/aromatic N) is 5. The molecule has 0 bridgehead atoms. The van der Waals surface area contributed by atoms with E-state index in [0.717, 1.165) is 61.1 Å². The summed E-state index contributed by atoms with van der Waals surface area (Å²) in [6.07, 6.45) is 0. The third-order valence-corrected chi connectivity index (χ3v) is 12.7. The Morgan fingerprint density at radius 1 is 0.339 bits per heavy atom. The molecule has 0 N–H and O–H groups in total. The molecule has 5 aromatic heterocycles. The molecule has 0 aliphatic carbocycles. The van der Waals surface area contributed by atoms with Crippen molar-refractivity contribution in [2.45, 2.75) is 0 Å². The van der Waals surface area contributed by atoms with Crippen LogP contribution in [0.3, 0.4) is 0 Å². The van der Waals surface area contributed by atoms with Gasteiger partial charge in [-0.2, -0.15) is 0 Å². The van der Waals surface area contributed by atoms with E-state index in [2.05, 4.69) is 202 Å². The Balaban J connectivity index is 1.19. The van der Waals surface area contributed by atoms with Crippen LogP contribution >= 0.6 is 0 Å². The van der Waals surface area contributed by atoms with E-state index < -0.39 is 0 Å². The van der Waals surface area contributed by atoms with Crippen LogP contribution in [0.25, 0.3) is 126 Å². The SMILES string of the molecule is c1ccc(-c2nc3ccc4ccccc4c3nc2-n2c3cccc4c5cccc6c7c8c9ccccc9n(-c9ccccc9)c8ccc7n(c7cccc2c7c43)c56)cc1. The van der Waals surface area contributed by atoms with E-state index in [4.69, 9.17) is 9.97 Å². The molecule has 0 spiro atoms. The maximum atomic E-state index is 5.63. The lowest BCUT2D eigenvalue weighted by Gasteiger charge is -2.15. The zero-order valence-corrected chi connectivity index (χ0v) is 31.6. The lowest BCUT2D eigenvalue weighted by atomic mass is 10.0. The minimum Gasteiger partial charge on any atom is -0.309 e. The molecule has 14 rings (SSSR count). The third kappa shape index (κ3) is 3.98. The van der Waals surface area contributed by atoms with Crippen LogP contribution in [0.5, 0.6) is 0 Å². The largest absolute Gasteiger partial charge is 0.309 e. The zero-order valence-electron chi connectivity index (χ0n) is 31.6. The number of benzene rings is 9. The van der Waals surface area contributed by atoms with Gasteiger partial charge in [-0.25, -0.2) is 9.97 Å². The Hall–Kier alpha value is -8.02. The average Bonchev–Trinajstić information content (AvgIpc) is 3.92. The maximum absolute atomic E-state index is 5.63. The molecule has 0 atom stereocenters. The Morgan fingerprint density at radius 2 is 0.915 bits per heavy atom. The van der Waals surface area contributed by atoms with Crippen LogP contribution in [0.15, 0.2) is 188 Å². The van der Waals surface area contributed by atoms with E-state index in [-0.39, 0.29) is 0 Å². The van der Waals surface area contributed by atoms with Crippen molar-refractivity contribution in [3.63, 3.8) is 0 Å². The number of aromatic nitrogens is 5. The molecule has 0 radical (unpaired) electrons. The molecule has 5 heteroatoms. The minimum absolute atomic E-state index is 0.821. The van der Waals surface area contributed by atoms with Crippen molar-refractivity contribution in [3.05, 3.63) is 188 Å². The Kier molecular flexibility index (Phi) is 5.96. The van der Waals surface area contributed by atoms with Crippen molar-refractivity contribution in [1.29, 1.82) is 0 Å². The first-order valence-corrected chi connectivity index (χ1v) is 20.2. The fraction of sp³-hybridized carbons (Fsp3) is 0. The highest BCUT2D eigenvalue weighted by Gasteiger charge is 2.26. The molecule has 59 heavy (non-hydrogen) atoms. The molecule has 5 nitrogen and oxygen atoms in total. The second-order valence-corrected chi connectivity index (χ2v) is 15.7. The van der Waals surface area contributed by atoms with Crippen LogP contribution in [-0.2, 0) is 0 Å². The van der Waals surface area contributed by atoms with Crippen LogP contribution in [0.1, 0.15) is 0 Å². The van der Waals surface area contributed by atoms with E-state index in [9.17, 15) is 0 Å². The summed E-state index contributed by atoms with van der Waals surface area (Å²) in [6.45, 7) is 0. The fourth-order valence-corrected chi connectivity index (χ4v) is 10.4. The quantitative estimate of drug-likeness (QED) is 0.169. The van der Waals surface area contributed by atoms with Gasteiger partial charge in [0.1, 0.15) is 5.69 Å². The first-order chi connectivity index (χ1) is 29.3. The molecule has 0 saturated heterocycles. The van der Waals surface area contributed by atoms with Crippen molar-refractivity contribution >= 4 is 104 Å². The van der Waals surface area contributed by atoms with Crippen molar-refractivity contribution in [3.8, 4) is 22.8 Å². The smallest absolute Gasteiger partial charge is 0.165 e. The topological polar surface area (TPSA) is 40.0 Å². The van der Waals surface area contributed by atoms with Gasteiger partial charge < -0.3 is 8.97 Å². The first kappa shape index (κ1) is 31.1. The molecule has 9 aromatic carbocycles. The zero-order chi connectivity index (χ0) is 38.3. The lowest BCUT2D eigenvalue weighted by Crippen LogP contribution is -2.04. The van der Waals surface area contributed by atoms with Gasteiger partial charge in [-0.15, -0.1) is 0 Å². The van der Waals surface area contributed by atoms with Crippen LogP contribution in [0.4, 0.5) is 0 Å². The van der Waals surface area contributed by atoms with E-state index in [1.165, 1.54) is 65.2 Å². The highest BCUT2D eigenvalue weighted by atomic mass is 15.1. The molecule has 0 aliphatic rings. The standard InChI is InChI=1S/C54H31N5/c1-3-15-33(16-4-1)51-54(56-52-35-19-8-7-14-32(35)28-29-40(52)55-51)59-42-25-12-21-36-37-22-11-23-39-49-46(58(53(37)39)43-26-13-27-44(59)50(43)47(36)42)31-30-45-48(49)38-20-9-10-24-41(38)57(45)34-17-5-2-6-18-34/h1-31H. The van der Waals surface area contributed by atoms with Crippen molar-refractivity contribution < 1.29 is 0 Å². The van der Waals surface area contributed by atoms with Crippen LogP contribution in [-0.4, -0.2) is 23.5 Å². The van der Waals surface area contributed by atoms with E-state index in [1.54, 1.807) is 0 Å². The van der Waals surface area contributed by atoms with Crippen LogP contribution < -0.4 is 0 Å². The Bertz CT molecular complexity index is 4060. The van der Waals surface area contributed by atoms with Gasteiger partial charge in [0, 0.05) is 54.3 Å². The molecule has 0 aliphatic heterocycles. The molecule has 0 unspecified atom stereocenters. The highest BCUT2D eigenvalue weighted by molar-refractivity contribution is 6.35. The third-order valence-electron chi connectivity index (χ3n) is 12.7. The number of para-hydroxylation sites is 3. The summed E-state index contributed by atoms with van der Waals surface area (Å²) < 4.78 is 7.33. The molecule has 272 valence electrons. The van der Waals surface area contributed by atoms with Gasteiger partial charge in [0.05, 0.1) is 49.7 Å². The lowest BCUT2D eigenvalue weighted by molar-refractivity contribution is 1.08. The van der Waals surface area contributed by atoms with Gasteiger partial charge in [-0.3, -0.25) is 4.57 Å². The average molecular weight is 750 g/mol. The number of rotatable bonds is 3. The van der Waals surface area contributed by atoms with Gasteiger partial charge in [-0.05, 0) is 65.4 Å². The summed E-state index contributed by atoms with van der Waals surface area (Å²) >= 11 is 0. The molecular weight excluding hydrogens is 719 g/mol. The molecule has 0 fully saturated rings. The Morgan fingerprint density at radius 3 is 1.80 bits per heavy atom. The van der Waals surface area contributed by atoms with Gasteiger partial charge in [0.15, 0.2) is 5.82 Å². The molecule has 0 amide bonds. The van der Waals surface area contributed by atoms with Gasteiger partial charge >= 0.3 is 0 Å². The number of fused-ring (bicyclic) bond motifs is 12. The number of hydrogen-bond acceptors (Lipinski definition) is 2. The van der Waals surface area contributed by atoms with Gasteiger partial charge in [0.25, 0.3) is 0 Å². The fourth-order valence-electron chi connectivity index (χ4n) is 10.4. The van der Waals surface area contributed by atoms with Crippen LogP contribution in [0, 0.1) is 0 Å². The first-order valence-electron chi connectivity index (χ1n) is 20.2. The molecule has 14 aromatic rings. The summed E-state index contributed by atoms with van der Waals surface area (Å²) in [4.78, 5) is 11.1. The second-order valence-electron chi connectivity index (χ2n) is 15.7. The second kappa shape index (κ2) is 11.3. The molecule has 5 heterocycles. The van der Waals surface area contributed by atoms with Crippen LogP contribution in [0.2, 0.25) is 0 Å².